The Labute approximate surface area is 86.6 Å². The van der Waals surface area contributed by atoms with Gasteiger partial charge in [0.2, 0.25) is 5.88 Å². The van der Waals surface area contributed by atoms with Crippen molar-refractivity contribution in [1.29, 1.82) is 0 Å². The van der Waals surface area contributed by atoms with E-state index in [9.17, 15) is 4.79 Å². The highest BCUT2D eigenvalue weighted by atomic mass is 16.5. The lowest BCUT2D eigenvalue weighted by Gasteiger charge is -2.16. The highest BCUT2D eigenvalue weighted by Crippen LogP contribution is 2.23. The summed E-state index contributed by atoms with van der Waals surface area (Å²) in [5, 5.41) is 12.8. The Hall–Kier alpha value is -1.56. The molecule has 0 aliphatic carbocycles. The first-order chi connectivity index (χ1) is 7.18. The molecule has 0 bridgehead atoms. The number of nitrogens with zero attached hydrogens (tertiary/aromatic N) is 2. The molecule has 15 heavy (non-hydrogen) atoms. The van der Waals surface area contributed by atoms with Crippen molar-refractivity contribution in [2.24, 2.45) is 5.73 Å². The summed E-state index contributed by atoms with van der Waals surface area (Å²) in [6.07, 6.45) is 2.81. The molecule has 0 fully saturated rings. The van der Waals surface area contributed by atoms with Gasteiger partial charge in [-0.1, -0.05) is 0 Å². The SMILES string of the molecule is N[C@H](Cc1cnn2c1OCCC2)C(=O)O. The molecule has 1 aromatic heterocycles. The van der Waals surface area contributed by atoms with E-state index >= 15 is 0 Å². The molecule has 1 atom stereocenters. The van der Waals surface area contributed by atoms with Crippen LogP contribution in [-0.4, -0.2) is 33.5 Å². The van der Waals surface area contributed by atoms with Crippen LogP contribution in [-0.2, 0) is 17.8 Å². The van der Waals surface area contributed by atoms with Crippen LogP contribution in [0.5, 0.6) is 5.88 Å². The van der Waals surface area contributed by atoms with E-state index in [-0.39, 0.29) is 6.42 Å². The number of hydrogen-bond donors (Lipinski definition) is 2. The van der Waals surface area contributed by atoms with Crippen molar-refractivity contribution in [3.05, 3.63) is 11.8 Å². The zero-order chi connectivity index (χ0) is 10.8. The Kier molecular flexibility index (Phi) is 2.59. The van der Waals surface area contributed by atoms with Crippen LogP contribution in [0.3, 0.4) is 0 Å². The lowest BCUT2D eigenvalue weighted by molar-refractivity contribution is -0.138. The van der Waals surface area contributed by atoms with E-state index in [0.717, 1.165) is 18.5 Å². The number of aliphatic carboxylic acids is 1. The minimum Gasteiger partial charge on any atom is -0.480 e. The Morgan fingerprint density at radius 1 is 1.80 bits per heavy atom. The number of nitrogens with two attached hydrogens (primary N) is 1. The van der Waals surface area contributed by atoms with Gasteiger partial charge in [-0.25, -0.2) is 4.68 Å². The average Bonchev–Trinajstić information content (AvgIpc) is 2.62. The minimum atomic E-state index is -1.01. The molecule has 0 radical (unpaired) electrons. The van der Waals surface area contributed by atoms with E-state index in [1.54, 1.807) is 10.9 Å². The van der Waals surface area contributed by atoms with Crippen molar-refractivity contribution in [1.82, 2.24) is 9.78 Å². The smallest absolute Gasteiger partial charge is 0.320 e. The van der Waals surface area contributed by atoms with Crippen molar-refractivity contribution >= 4 is 5.97 Å². The molecule has 0 amide bonds. The van der Waals surface area contributed by atoms with Gasteiger partial charge in [0.05, 0.1) is 12.8 Å². The minimum absolute atomic E-state index is 0.255. The molecule has 82 valence electrons. The predicted octanol–water partition coefficient (Wildman–Crippen LogP) is -0.380. The van der Waals surface area contributed by atoms with Gasteiger partial charge in [0, 0.05) is 24.9 Å². The van der Waals surface area contributed by atoms with Crippen LogP contribution in [0.25, 0.3) is 0 Å². The monoisotopic (exact) mass is 211 g/mol. The number of fused-ring (bicyclic) bond motifs is 1. The fourth-order valence-electron chi connectivity index (χ4n) is 1.59. The Balaban J connectivity index is 2.15. The van der Waals surface area contributed by atoms with E-state index in [2.05, 4.69) is 5.10 Å². The maximum atomic E-state index is 10.6. The van der Waals surface area contributed by atoms with Gasteiger partial charge < -0.3 is 15.6 Å². The second kappa shape index (κ2) is 3.90. The Morgan fingerprint density at radius 3 is 3.33 bits per heavy atom. The van der Waals surface area contributed by atoms with Gasteiger partial charge in [0.25, 0.3) is 0 Å². The highest BCUT2D eigenvalue weighted by Gasteiger charge is 2.20. The molecule has 0 saturated carbocycles. The molecule has 3 N–H and O–H groups in total. The number of hydrogen-bond acceptors (Lipinski definition) is 4. The quantitative estimate of drug-likeness (QED) is 0.711. The molecule has 0 spiro atoms. The number of ether oxygens (including phenoxy) is 1. The summed E-state index contributed by atoms with van der Waals surface area (Å²) in [7, 11) is 0. The molecule has 2 heterocycles. The van der Waals surface area contributed by atoms with Crippen LogP contribution in [0.15, 0.2) is 6.20 Å². The Morgan fingerprint density at radius 2 is 2.60 bits per heavy atom. The van der Waals surface area contributed by atoms with E-state index in [1.807, 2.05) is 0 Å². The first-order valence-electron chi connectivity index (χ1n) is 4.84. The van der Waals surface area contributed by atoms with E-state index in [0.29, 0.717) is 12.5 Å². The zero-order valence-electron chi connectivity index (χ0n) is 8.22. The van der Waals surface area contributed by atoms with Crippen molar-refractivity contribution in [2.75, 3.05) is 6.61 Å². The van der Waals surface area contributed by atoms with Gasteiger partial charge in [0.1, 0.15) is 6.04 Å². The summed E-state index contributed by atoms with van der Waals surface area (Å²) in [4.78, 5) is 10.6. The van der Waals surface area contributed by atoms with E-state index < -0.39 is 12.0 Å². The lowest BCUT2D eigenvalue weighted by Crippen LogP contribution is -2.32. The fraction of sp³-hybridized carbons (Fsp3) is 0.556. The number of carboxylic acid groups (broad SMARTS) is 1. The van der Waals surface area contributed by atoms with Crippen LogP contribution in [0.1, 0.15) is 12.0 Å². The van der Waals surface area contributed by atoms with Gasteiger partial charge in [0.15, 0.2) is 0 Å². The summed E-state index contributed by atoms with van der Waals surface area (Å²) in [6.45, 7) is 1.47. The van der Waals surface area contributed by atoms with Crippen LogP contribution in [0.2, 0.25) is 0 Å². The summed E-state index contributed by atoms with van der Waals surface area (Å²) >= 11 is 0. The normalized spacial score (nSPS) is 16.6. The van der Waals surface area contributed by atoms with Gasteiger partial charge in [-0.3, -0.25) is 4.79 Å². The van der Waals surface area contributed by atoms with Crippen molar-refractivity contribution in [2.45, 2.75) is 25.4 Å². The van der Waals surface area contributed by atoms with Crippen LogP contribution < -0.4 is 10.5 Å². The molecule has 0 saturated heterocycles. The first kappa shape index (κ1) is 9.97. The van der Waals surface area contributed by atoms with Gasteiger partial charge in [-0.15, -0.1) is 0 Å². The zero-order valence-corrected chi connectivity index (χ0v) is 8.22. The number of aryl methyl sites for hydroxylation is 1. The number of carboxylic acids is 1. The molecule has 0 aromatic carbocycles. The van der Waals surface area contributed by atoms with Gasteiger partial charge in [-0.05, 0) is 0 Å². The average molecular weight is 211 g/mol. The van der Waals surface area contributed by atoms with Gasteiger partial charge >= 0.3 is 5.97 Å². The molecule has 1 aromatic rings. The second-order valence-electron chi connectivity index (χ2n) is 3.55. The first-order valence-corrected chi connectivity index (χ1v) is 4.84. The lowest BCUT2D eigenvalue weighted by atomic mass is 10.1. The molecule has 6 heteroatoms. The molecule has 0 unspecified atom stereocenters. The maximum absolute atomic E-state index is 10.6. The molecule has 6 nitrogen and oxygen atoms in total. The summed E-state index contributed by atoms with van der Waals surface area (Å²) < 4.78 is 7.17. The molecular formula is C9H13N3O3. The fourth-order valence-corrected chi connectivity index (χ4v) is 1.59. The van der Waals surface area contributed by atoms with Crippen LogP contribution in [0.4, 0.5) is 0 Å². The molecule has 2 rings (SSSR count). The van der Waals surface area contributed by atoms with E-state index in [1.165, 1.54) is 0 Å². The molecule has 1 aliphatic rings. The molecular weight excluding hydrogens is 198 g/mol. The van der Waals surface area contributed by atoms with Crippen LogP contribution >= 0.6 is 0 Å². The van der Waals surface area contributed by atoms with Crippen molar-refractivity contribution < 1.29 is 14.6 Å². The summed E-state index contributed by atoms with van der Waals surface area (Å²) in [5.41, 5.74) is 6.22. The van der Waals surface area contributed by atoms with Gasteiger partial charge in [-0.2, -0.15) is 5.10 Å². The predicted molar refractivity (Wildman–Crippen MR) is 51.7 cm³/mol. The molecule has 1 aliphatic heterocycles. The largest absolute Gasteiger partial charge is 0.480 e. The third-order valence-electron chi connectivity index (χ3n) is 2.37. The topological polar surface area (TPSA) is 90.4 Å². The number of rotatable bonds is 3. The number of aromatic nitrogens is 2. The standard InChI is InChI=1S/C9H13N3O3/c10-7(9(13)14)4-6-5-11-12-2-1-3-15-8(6)12/h5,7H,1-4,10H2,(H,13,14)/t7-/m1/s1. The van der Waals surface area contributed by atoms with Crippen molar-refractivity contribution in [3.8, 4) is 5.88 Å². The van der Waals surface area contributed by atoms with E-state index in [4.69, 9.17) is 15.6 Å². The Bertz CT molecular complexity index is 375. The number of carbonyl (C=O) groups is 1. The van der Waals surface area contributed by atoms with Crippen molar-refractivity contribution in [3.63, 3.8) is 0 Å². The third-order valence-corrected chi connectivity index (χ3v) is 2.37. The summed E-state index contributed by atoms with van der Waals surface area (Å²) in [6, 6.07) is -0.899. The van der Waals surface area contributed by atoms with Crippen LogP contribution in [0, 0.1) is 0 Å². The summed E-state index contributed by atoms with van der Waals surface area (Å²) in [5.74, 6) is -0.344. The third kappa shape index (κ3) is 1.94. The maximum Gasteiger partial charge on any atom is 0.320 e. The highest BCUT2D eigenvalue weighted by molar-refractivity contribution is 5.73. The second-order valence-corrected chi connectivity index (χ2v) is 3.55.